The molecule has 0 fully saturated rings. The topological polar surface area (TPSA) is 46.5 Å². The quantitative estimate of drug-likeness (QED) is 0.259. The van der Waals surface area contributed by atoms with Gasteiger partial charge in [-0.1, -0.05) is 73.7 Å². The third kappa shape index (κ3) is 6.21. The van der Waals surface area contributed by atoms with E-state index in [4.69, 9.17) is 4.74 Å². The van der Waals surface area contributed by atoms with Gasteiger partial charge in [0.15, 0.2) is 0 Å². The number of aromatic hydroxyl groups is 1. The Balaban J connectivity index is 2.00. The van der Waals surface area contributed by atoms with Crippen molar-refractivity contribution < 1.29 is 14.6 Å². The molecule has 164 valence electrons. The number of rotatable bonds is 6. The minimum absolute atomic E-state index is 0.244. The molecule has 3 nitrogen and oxygen atoms in total. The fraction of sp³-hybridized carbons (Fsp3) is 0.207. The molecule has 0 unspecified atom stereocenters. The van der Waals surface area contributed by atoms with Crippen LogP contribution in [0.5, 0.6) is 5.75 Å². The van der Waals surface area contributed by atoms with Gasteiger partial charge in [-0.15, -0.1) is 0 Å². The Kier molecular flexibility index (Phi) is 7.32. The molecule has 0 saturated heterocycles. The Bertz CT molecular complexity index is 1100. The van der Waals surface area contributed by atoms with Crippen LogP contribution in [-0.2, 0) is 9.53 Å². The summed E-state index contributed by atoms with van der Waals surface area (Å²) in [5.41, 5.74) is 6.05. The molecule has 0 spiro atoms. The minimum Gasteiger partial charge on any atom is -0.508 e. The number of benzene rings is 3. The Morgan fingerprint density at radius 3 is 1.94 bits per heavy atom. The number of esters is 1. The van der Waals surface area contributed by atoms with E-state index in [2.05, 4.69) is 31.2 Å². The summed E-state index contributed by atoms with van der Waals surface area (Å²) in [7, 11) is 0. The normalized spacial score (nSPS) is 12.5. The lowest BCUT2D eigenvalue weighted by atomic mass is 9.88. The monoisotopic (exact) mass is 426 g/mol. The van der Waals surface area contributed by atoms with Crippen LogP contribution >= 0.6 is 0 Å². The van der Waals surface area contributed by atoms with E-state index in [0.717, 1.165) is 28.7 Å². The van der Waals surface area contributed by atoms with E-state index >= 15 is 0 Å². The predicted octanol–water partition coefficient (Wildman–Crippen LogP) is 7.12. The zero-order chi connectivity index (χ0) is 23.1. The maximum absolute atomic E-state index is 12.0. The van der Waals surface area contributed by atoms with Gasteiger partial charge in [0, 0.05) is 6.08 Å². The molecule has 0 bridgehead atoms. The zero-order valence-electron chi connectivity index (χ0n) is 19.1. The average Bonchev–Trinajstić information content (AvgIpc) is 2.77. The van der Waals surface area contributed by atoms with Crippen molar-refractivity contribution in [3.05, 3.63) is 107 Å². The van der Waals surface area contributed by atoms with Crippen LogP contribution in [-0.4, -0.2) is 16.7 Å². The molecule has 32 heavy (non-hydrogen) atoms. The first-order valence-electron chi connectivity index (χ1n) is 10.9. The van der Waals surface area contributed by atoms with Crippen LogP contribution < -0.4 is 0 Å². The highest BCUT2D eigenvalue weighted by Gasteiger charge is 2.15. The number of carbonyl (C=O) groups is 1. The minimum atomic E-state index is -0.511. The van der Waals surface area contributed by atoms with Gasteiger partial charge in [-0.3, -0.25) is 0 Å². The summed E-state index contributed by atoms with van der Waals surface area (Å²) < 4.78 is 5.33. The molecule has 0 saturated carbocycles. The molecule has 0 aliphatic carbocycles. The van der Waals surface area contributed by atoms with Gasteiger partial charge in [0.05, 0.1) is 0 Å². The van der Waals surface area contributed by atoms with Gasteiger partial charge in [0.25, 0.3) is 0 Å². The van der Waals surface area contributed by atoms with Crippen LogP contribution in [0.2, 0.25) is 0 Å². The second kappa shape index (κ2) is 10.1. The van der Waals surface area contributed by atoms with E-state index < -0.39 is 5.60 Å². The van der Waals surface area contributed by atoms with Crippen molar-refractivity contribution in [3.63, 3.8) is 0 Å². The summed E-state index contributed by atoms with van der Waals surface area (Å²) >= 11 is 0. The van der Waals surface area contributed by atoms with Crippen molar-refractivity contribution >= 4 is 23.2 Å². The van der Waals surface area contributed by atoms with Crippen molar-refractivity contribution in [2.75, 3.05) is 0 Å². The Morgan fingerprint density at radius 1 is 0.844 bits per heavy atom. The third-order valence-electron chi connectivity index (χ3n) is 4.95. The average molecular weight is 427 g/mol. The summed E-state index contributed by atoms with van der Waals surface area (Å²) in [6, 6.07) is 25.8. The number of carbonyl (C=O) groups excluding carboxylic acids is 1. The molecule has 3 heteroatoms. The zero-order valence-corrected chi connectivity index (χ0v) is 19.1. The first kappa shape index (κ1) is 23.1. The first-order chi connectivity index (χ1) is 15.3. The summed E-state index contributed by atoms with van der Waals surface area (Å²) in [5, 5.41) is 9.77. The van der Waals surface area contributed by atoms with E-state index in [0.29, 0.717) is 0 Å². The second-order valence-electron chi connectivity index (χ2n) is 8.61. The van der Waals surface area contributed by atoms with E-state index in [1.165, 1.54) is 17.2 Å². The van der Waals surface area contributed by atoms with Crippen molar-refractivity contribution in [2.24, 2.45) is 0 Å². The van der Waals surface area contributed by atoms with Gasteiger partial charge in [-0.05, 0) is 78.8 Å². The van der Waals surface area contributed by atoms with E-state index in [1.54, 1.807) is 18.2 Å². The third-order valence-corrected chi connectivity index (χ3v) is 4.95. The maximum Gasteiger partial charge on any atom is 0.331 e. The van der Waals surface area contributed by atoms with Crippen LogP contribution in [0.25, 0.3) is 17.2 Å². The van der Waals surface area contributed by atoms with Gasteiger partial charge < -0.3 is 9.84 Å². The van der Waals surface area contributed by atoms with E-state index in [1.807, 2.05) is 63.2 Å². The van der Waals surface area contributed by atoms with Crippen LogP contribution in [0, 0.1) is 0 Å². The van der Waals surface area contributed by atoms with Crippen LogP contribution in [0.15, 0.2) is 84.9 Å². The maximum atomic E-state index is 12.0. The number of phenols is 1. The molecule has 0 atom stereocenters. The SMILES string of the molecule is CC/C(=C(/c1ccc(O)cc1)c1ccc(/C=C/C(=O)OC(C)(C)C)cc1)c1ccccc1. The predicted molar refractivity (Wildman–Crippen MR) is 132 cm³/mol. The molecule has 0 radical (unpaired) electrons. The van der Waals surface area contributed by atoms with Gasteiger partial charge in [0.1, 0.15) is 11.4 Å². The first-order valence-corrected chi connectivity index (χ1v) is 10.9. The smallest absolute Gasteiger partial charge is 0.331 e. The van der Waals surface area contributed by atoms with Gasteiger partial charge in [-0.25, -0.2) is 4.79 Å². The summed E-state index contributed by atoms with van der Waals surface area (Å²) in [6.45, 7) is 7.70. The Labute approximate surface area is 190 Å². The Hall–Kier alpha value is -3.59. The van der Waals surface area contributed by atoms with E-state index in [9.17, 15) is 9.90 Å². The largest absolute Gasteiger partial charge is 0.508 e. The molecule has 0 aromatic heterocycles. The standard InChI is InChI=1S/C29H30O3/c1-5-26(22-9-7-6-8-10-22)28(24-16-18-25(30)19-17-24)23-14-11-21(12-15-23)13-20-27(31)32-29(2,3)4/h6-20,30H,5H2,1-4H3/b20-13+,28-26-. The number of hydrogen-bond donors (Lipinski definition) is 1. The summed E-state index contributed by atoms with van der Waals surface area (Å²) in [4.78, 5) is 12.0. The number of ether oxygens (including phenoxy) is 1. The molecule has 0 heterocycles. The van der Waals surface area contributed by atoms with Crippen molar-refractivity contribution in [2.45, 2.75) is 39.7 Å². The molecular weight excluding hydrogens is 396 g/mol. The molecule has 3 rings (SSSR count). The van der Waals surface area contributed by atoms with Gasteiger partial charge in [0.2, 0.25) is 0 Å². The van der Waals surface area contributed by atoms with Crippen LogP contribution in [0.3, 0.4) is 0 Å². The van der Waals surface area contributed by atoms with Gasteiger partial charge in [-0.2, -0.15) is 0 Å². The van der Waals surface area contributed by atoms with Crippen molar-refractivity contribution in [1.82, 2.24) is 0 Å². The number of allylic oxidation sites excluding steroid dienone is 1. The summed E-state index contributed by atoms with van der Waals surface area (Å²) in [5.74, 6) is -0.114. The highest BCUT2D eigenvalue weighted by Crippen LogP contribution is 2.35. The fourth-order valence-electron chi connectivity index (χ4n) is 3.57. The van der Waals surface area contributed by atoms with Gasteiger partial charge >= 0.3 is 5.97 Å². The lowest BCUT2D eigenvalue weighted by Gasteiger charge is -2.18. The molecule has 0 amide bonds. The number of hydrogen-bond acceptors (Lipinski definition) is 3. The molecular formula is C29H30O3. The van der Waals surface area contributed by atoms with Crippen molar-refractivity contribution in [3.8, 4) is 5.75 Å². The Morgan fingerprint density at radius 2 is 1.41 bits per heavy atom. The van der Waals surface area contributed by atoms with E-state index in [-0.39, 0.29) is 11.7 Å². The van der Waals surface area contributed by atoms with Crippen LogP contribution in [0.1, 0.15) is 56.4 Å². The molecule has 3 aromatic carbocycles. The molecule has 0 aliphatic rings. The van der Waals surface area contributed by atoms with Crippen molar-refractivity contribution in [1.29, 1.82) is 0 Å². The molecule has 3 aromatic rings. The second-order valence-corrected chi connectivity index (χ2v) is 8.61. The fourth-order valence-corrected chi connectivity index (χ4v) is 3.57. The molecule has 1 N–H and O–H groups in total. The summed E-state index contributed by atoms with van der Waals surface area (Å²) in [6.07, 6.45) is 4.08. The lowest BCUT2D eigenvalue weighted by molar-refractivity contribution is -0.148. The highest BCUT2D eigenvalue weighted by atomic mass is 16.6. The highest BCUT2D eigenvalue weighted by molar-refractivity contribution is 5.98. The van der Waals surface area contributed by atoms with Crippen LogP contribution in [0.4, 0.5) is 0 Å². The lowest BCUT2D eigenvalue weighted by Crippen LogP contribution is -2.22. The molecule has 0 aliphatic heterocycles. The number of phenolic OH excluding ortho intramolecular Hbond substituents is 1.